The van der Waals surface area contributed by atoms with Crippen molar-refractivity contribution in [2.75, 3.05) is 36.7 Å². The summed E-state index contributed by atoms with van der Waals surface area (Å²) in [5.74, 6) is 1.57. The Morgan fingerprint density at radius 3 is 2.19 bits per heavy atom. The van der Waals surface area contributed by atoms with Crippen molar-refractivity contribution in [3.05, 3.63) is 59.4 Å². The van der Waals surface area contributed by atoms with Gasteiger partial charge in [0, 0.05) is 29.6 Å². The number of aryl methyl sites for hydroxylation is 1. The van der Waals surface area contributed by atoms with Gasteiger partial charge in [-0.05, 0) is 93.6 Å². The van der Waals surface area contributed by atoms with Crippen molar-refractivity contribution in [2.24, 2.45) is 5.92 Å². The van der Waals surface area contributed by atoms with Gasteiger partial charge in [0.1, 0.15) is 17.1 Å². The van der Waals surface area contributed by atoms with Gasteiger partial charge < -0.3 is 14.1 Å². The van der Waals surface area contributed by atoms with Gasteiger partial charge >= 0.3 is 0 Å². The van der Waals surface area contributed by atoms with E-state index in [4.69, 9.17) is 9.15 Å². The maximum absolute atomic E-state index is 13.9. The molecule has 1 heterocycles. The van der Waals surface area contributed by atoms with Crippen LogP contribution in [0.4, 0.5) is 5.69 Å². The first kappa shape index (κ1) is 34.6. The van der Waals surface area contributed by atoms with Crippen LogP contribution in [0.15, 0.2) is 46.9 Å². The molecule has 3 rings (SSSR count). The van der Waals surface area contributed by atoms with Gasteiger partial charge in [-0.25, -0.2) is 8.42 Å². The first-order chi connectivity index (χ1) is 20.7. The van der Waals surface area contributed by atoms with Gasteiger partial charge in [0.05, 0.1) is 17.9 Å². The molecule has 0 saturated carbocycles. The highest BCUT2D eigenvalue weighted by atomic mass is 32.2. The molecule has 1 N–H and O–H groups in total. The Morgan fingerprint density at radius 1 is 0.907 bits per heavy atom. The fourth-order valence-electron chi connectivity index (χ4n) is 5.02. The number of carbonyl (C=O) groups excluding carboxylic acids is 1. The summed E-state index contributed by atoms with van der Waals surface area (Å²) < 4.78 is 40.1. The number of ether oxygens (including phenoxy) is 1. The van der Waals surface area contributed by atoms with Crippen LogP contribution in [0.3, 0.4) is 0 Å². The highest BCUT2D eigenvalue weighted by Crippen LogP contribution is 2.32. The Morgan fingerprint density at radius 2 is 1.56 bits per heavy atom. The summed E-state index contributed by atoms with van der Waals surface area (Å²) in [6.45, 7) is 14.5. The van der Waals surface area contributed by atoms with E-state index in [2.05, 4.69) is 30.4 Å². The van der Waals surface area contributed by atoms with Crippen molar-refractivity contribution in [3.63, 3.8) is 0 Å². The number of rotatable bonds is 21. The minimum absolute atomic E-state index is 0.0476. The molecular weight excluding hydrogens is 560 g/mol. The number of fused-ring (bicyclic) bond motifs is 1. The average Bonchev–Trinajstić information content (AvgIpc) is 3.35. The smallest absolute Gasteiger partial charge is 0.232 e. The number of nitrogens with one attached hydrogen (secondary N) is 1. The highest BCUT2D eigenvalue weighted by Gasteiger charge is 2.23. The van der Waals surface area contributed by atoms with Gasteiger partial charge in [-0.3, -0.25) is 9.52 Å². The van der Waals surface area contributed by atoms with Crippen molar-refractivity contribution in [2.45, 2.75) is 92.4 Å². The van der Waals surface area contributed by atoms with Crippen LogP contribution in [-0.4, -0.2) is 51.1 Å². The average molecular weight is 613 g/mol. The van der Waals surface area contributed by atoms with Crippen LogP contribution in [-0.2, 0) is 16.4 Å². The number of hydrogen-bond acceptors (Lipinski definition) is 6. The second-order valence-corrected chi connectivity index (χ2v) is 13.8. The van der Waals surface area contributed by atoms with Gasteiger partial charge in [0.25, 0.3) is 0 Å². The second-order valence-electron chi connectivity index (χ2n) is 11.9. The second kappa shape index (κ2) is 17.5. The van der Waals surface area contributed by atoms with Gasteiger partial charge in [-0.15, -0.1) is 0 Å². The van der Waals surface area contributed by atoms with Crippen molar-refractivity contribution in [3.8, 4) is 5.75 Å². The molecule has 7 nitrogen and oxygen atoms in total. The van der Waals surface area contributed by atoms with E-state index in [0.717, 1.165) is 44.6 Å². The first-order valence-corrected chi connectivity index (χ1v) is 17.9. The van der Waals surface area contributed by atoms with Crippen molar-refractivity contribution < 1.29 is 22.4 Å². The van der Waals surface area contributed by atoms with E-state index in [0.29, 0.717) is 53.0 Å². The molecule has 0 bridgehead atoms. The van der Waals surface area contributed by atoms with Crippen LogP contribution in [0.1, 0.15) is 108 Å². The molecule has 1 aromatic heterocycles. The van der Waals surface area contributed by atoms with Crippen molar-refractivity contribution in [1.29, 1.82) is 0 Å². The molecule has 0 aliphatic carbocycles. The number of hydrogen-bond donors (Lipinski definition) is 1. The molecule has 0 fully saturated rings. The molecule has 0 radical (unpaired) electrons. The number of ketones is 1. The van der Waals surface area contributed by atoms with Crippen molar-refractivity contribution >= 4 is 32.5 Å². The van der Waals surface area contributed by atoms with E-state index in [1.54, 1.807) is 30.3 Å². The third kappa shape index (κ3) is 11.0. The molecule has 0 unspecified atom stereocenters. The molecule has 0 aliphatic heterocycles. The Hall–Kier alpha value is -2.84. The molecular formula is C35H52N2O5S. The molecule has 0 spiro atoms. The topological polar surface area (TPSA) is 88.8 Å². The van der Waals surface area contributed by atoms with E-state index in [-0.39, 0.29) is 17.5 Å². The summed E-state index contributed by atoms with van der Waals surface area (Å²) in [6.07, 6.45) is 8.88. The Kier molecular flexibility index (Phi) is 14.1. The van der Waals surface area contributed by atoms with Crippen LogP contribution < -0.4 is 9.46 Å². The van der Waals surface area contributed by atoms with E-state index in [1.807, 2.05) is 26.0 Å². The summed E-state index contributed by atoms with van der Waals surface area (Å²) in [5, 5.41) is 0.621. The van der Waals surface area contributed by atoms with E-state index in [9.17, 15) is 13.2 Å². The zero-order chi connectivity index (χ0) is 31.2. The maximum atomic E-state index is 13.9. The lowest BCUT2D eigenvalue weighted by Gasteiger charge is -2.21. The van der Waals surface area contributed by atoms with Crippen LogP contribution in [0.25, 0.3) is 11.0 Å². The maximum Gasteiger partial charge on any atom is 0.232 e. The lowest BCUT2D eigenvalue weighted by molar-refractivity contribution is 0.103. The highest BCUT2D eigenvalue weighted by molar-refractivity contribution is 7.92. The minimum atomic E-state index is -3.50. The molecule has 8 heteroatoms. The van der Waals surface area contributed by atoms with Gasteiger partial charge in [0.15, 0.2) is 5.78 Å². The van der Waals surface area contributed by atoms with Crippen LogP contribution in [0.2, 0.25) is 0 Å². The van der Waals surface area contributed by atoms with Gasteiger partial charge in [0.2, 0.25) is 10.0 Å². The Bertz CT molecular complexity index is 1370. The molecule has 0 aliphatic rings. The summed E-state index contributed by atoms with van der Waals surface area (Å²) in [6, 6.07) is 12.4. The largest absolute Gasteiger partial charge is 0.494 e. The van der Waals surface area contributed by atoms with Gasteiger partial charge in [-0.2, -0.15) is 0 Å². The normalized spacial score (nSPS) is 12.0. The van der Waals surface area contributed by atoms with Crippen LogP contribution in [0.5, 0.6) is 5.75 Å². The Labute approximate surface area is 259 Å². The molecule has 3 aromatic rings. The molecule has 2 aromatic carbocycles. The summed E-state index contributed by atoms with van der Waals surface area (Å²) in [4.78, 5) is 16.4. The fraction of sp³-hybridized carbons (Fsp3) is 0.571. The van der Waals surface area contributed by atoms with Crippen LogP contribution >= 0.6 is 0 Å². The number of nitrogens with zero attached hydrogens (tertiary/aromatic N) is 1. The summed E-state index contributed by atoms with van der Waals surface area (Å²) in [7, 11) is -3.50. The molecule has 0 atom stereocenters. The lowest BCUT2D eigenvalue weighted by Crippen LogP contribution is -2.28. The van der Waals surface area contributed by atoms with E-state index < -0.39 is 10.0 Å². The summed E-state index contributed by atoms with van der Waals surface area (Å²) >= 11 is 0. The SMILES string of the molecule is CCCCc1oc2ccc(NS(=O)(=O)CCC(C)C)cc2c1C(=O)c1ccc(OCCCN(CCCC)CCCC)cc1. The number of anilines is 1. The van der Waals surface area contributed by atoms with Crippen molar-refractivity contribution in [1.82, 2.24) is 4.90 Å². The molecule has 0 saturated heterocycles. The quantitative estimate of drug-likeness (QED) is 0.0959. The first-order valence-electron chi connectivity index (χ1n) is 16.2. The zero-order valence-electron chi connectivity index (χ0n) is 26.9. The Balaban J connectivity index is 1.73. The standard InChI is InChI=1S/C35H52N2O5S/c1-6-9-13-33-34(31-26-29(16-19-32(31)42-33)36-43(39,40)25-20-27(4)5)35(38)28-14-17-30(18-15-28)41-24-12-23-37(21-10-7-2)22-11-8-3/h14-19,26-27,36H,6-13,20-25H2,1-5H3. The number of benzene rings is 2. The zero-order valence-corrected chi connectivity index (χ0v) is 27.7. The third-order valence-electron chi connectivity index (χ3n) is 7.64. The molecule has 0 amide bonds. The molecule has 238 valence electrons. The lowest BCUT2D eigenvalue weighted by atomic mass is 9.98. The number of unbranched alkanes of at least 4 members (excludes halogenated alkanes) is 3. The van der Waals surface area contributed by atoms with E-state index in [1.165, 1.54) is 25.7 Å². The number of sulfonamides is 1. The predicted octanol–water partition coefficient (Wildman–Crippen LogP) is 8.47. The monoisotopic (exact) mass is 612 g/mol. The fourth-order valence-corrected chi connectivity index (χ4v) is 6.39. The number of furan rings is 1. The third-order valence-corrected chi connectivity index (χ3v) is 8.96. The summed E-state index contributed by atoms with van der Waals surface area (Å²) in [5.41, 5.74) is 2.05. The minimum Gasteiger partial charge on any atom is -0.494 e. The number of carbonyl (C=O) groups is 1. The van der Waals surface area contributed by atoms with Crippen LogP contribution in [0, 0.1) is 5.92 Å². The van der Waals surface area contributed by atoms with Gasteiger partial charge in [-0.1, -0.05) is 53.9 Å². The predicted molar refractivity (Wildman–Crippen MR) is 178 cm³/mol. The molecule has 43 heavy (non-hydrogen) atoms. The van der Waals surface area contributed by atoms with E-state index >= 15 is 0 Å².